The Hall–Kier alpha value is -6.35. The predicted octanol–water partition coefficient (Wildman–Crippen LogP) is 3.37. The predicted molar refractivity (Wildman–Crippen MR) is 229 cm³/mol. The molecular weight excluding hydrogens is 805 g/mol. The Morgan fingerprint density at radius 3 is 2.31 bits per heavy atom. The Balaban J connectivity index is 0.00000307. The van der Waals surface area contributed by atoms with E-state index in [9.17, 15) is 19.2 Å². The van der Waals surface area contributed by atoms with Gasteiger partial charge in [-0.25, -0.2) is 9.97 Å². The number of ether oxygens (including phenoxy) is 2. The number of anilines is 1. The molecule has 61 heavy (non-hydrogen) atoms. The minimum Gasteiger partial charge on any atom is -0.491 e. The van der Waals surface area contributed by atoms with Gasteiger partial charge in [0.2, 0.25) is 11.9 Å². The van der Waals surface area contributed by atoms with Crippen LogP contribution in [0.3, 0.4) is 0 Å². The van der Waals surface area contributed by atoms with Gasteiger partial charge in [-0.1, -0.05) is 23.5 Å². The Bertz CT molecular complexity index is 2650. The van der Waals surface area contributed by atoms with Gasteiger partial charge in [-0.2, -0.15) is 15.2 Å². The fraction of sp³-hybridized carbons (Fsp3) is 0.390. The van der Waals surface area contributed by atoms with E-state index in [2.05, 4.69) is 30.4 Å². The summed E-state index contributed by atoms with van der Waals surface area (Å²) in [6.07, 6.45) is 6.70. The van der Waals surface area contributed by atoms with E-state index in [1.165, 1.54) is 17.5 Å². The van der Waals surface area contributed by atoms with Gasteiger partial charge in [-0.3, -0.25) is 43.3 Å². The van der Waals surface area contributed by atoms with Crippen LogP contribution >= 0.6 is 11.3 Å². The molecule has 0 saturated carbocycles. The maximum atomic E-state index is 13.7. The lowest BCUT2D eigenvalue weighted by atomic mass is 10.1. The molecule has 0 spiro atoms. The van der Waals surface area contributed by atoms with E-state index in [0.29, 0.717) is 93.2 Å². The average Bonchev–Trinajstić information content (AvgIpc) is 4.03. The first-order valence-corrected chi connectivity index (χ1v) is 20.7. The van der Waals surface area contributed by atoms with Crippen LogP contribution in [0.15, 0.2) is 53.7 Å². The zero-order chi connectivity index (χ0) is 43.6. The summed E-state index contributed by atoms with van der Waals surface area (Å²) in [6.45, 7) is 13.2. The number of imidazole rings is 1. The number of carbonyl (C=O) groups is 4. The van der Waals surface area contributed by atoms with Crippen molar-refractivity contribution < 1.29 is 33.8 Å². The number of allylic oxidation sites excluding steroid dienone is 2. The quantitative estimate of drug-likeness (QED) is 0.0723. The number of aromatic nitrogens is 8. The molecule has 6 heterocycles. The number of hydrogen-bond acceptors (Lipinski definition) is 13. The van der Waals surface area contributed by atoms with E-state index in [-0.39, 0.29) is 24.6 Å². The smallest absolute Gasteiger partial charge is 0.297 e. The van der Waals surface area contributed by atoms with Gasteiger partial charge in [0.1, 0.15) is 22.7 Å². The van der Waals surface area contributed by atoms with E-state index < -0.39 is 17.7 Å². The zero-order valence-electron chi connectivity index (χ0n) is 34.8. The number of pyridine rings is 1. The fourth-order valence-electron chi connectivity index (χ4n) is 6.93. The molecule has 0 atom stereocenters. The maximum Gasteiger partial charge on any atom is 0.297 e. The highest BCUT2D eigenvalue weighted by atomic mass is 32.1. The van der Waals surface area contributed by atoms with Gasteiger partial charge in [0.05, 0.1) is 41.4 Å². The summed E-state index contributed by atoms with van der Waals surface area (Å²) < 4.78 is 19.3. The lowest BCUT2D eigenvalue weighted by molar-refractivity contribution is 0.0358. The second-order valence-electron chi connectivity index (χ2n) is 13.9. The third-order valence-electron chi connectivity index (χ3n) is 9.77. The van der Waals surface area contributed by atoms with Crippen LogP contribution in [-0.4, -0.2) is 119 Å². The molecule has 3 amide bonds. The molecule has 5 aromatic heterocycles. The number of nitrogens with two attached hydrogens (primary N) is 1. The Morgan fingerprint density at radius 1 is 0.967 bits per heavy atom. The summed E-state index contributed by atoms with van der Waals surface area (Å²) in [5.74, 6) is -0.895. The van der Waals surface area contributed by atoms with Crippen LogP contribution in [-0.2, 0) is 30.9 Å². The molecule has 0 aliphatic carbocycles. The van der Waals surface area contributed by atoms with Gasteiger partial charge in [-0.05, 0) is 64.4 Å². The number of aryl methyl sites for hydroxylation is 4. The number of hydrogen-bond donors (Lipinski definition) is 3. The fourth-order valence-corrected chi connectivity index (χ4v) is 7.98. The first-order chi connectivity index (χ1) is 29.6. The second kappa shape index (κ2) is 20.3. The number of carbonyl (C=O) groups excluding carboxylic acids is 4. The largest absolute Gasteiger partial charge is 0.491 e. The van der Waals surface area contributed by atoms with E-state index in [4.69, 9.17) is 25.3 Å². The molecule has 0 bridgehead atoms. The van der Waals surface area contributed by atoms with Gasteiger partial charge in [0, 0.05) is 70.2 Å². The number of rotatable bonds is 16. The molecule has 7 rings (SSSR count). The molecule has 0 radical (unpaired) electrons. The molecule has 1 aliphatic rings. The molecule has 1 aromatic carbocycles. The first kappa shape index (κ1) is 44.2. The third-order valence-corrected chi connectivity index (χ3v) is 10.8. The number of aliphatic hydroxyl groups is 1. The summed E-state index contributed by atoms with van der Waals surface area (Å²) in [5.41, 5.74) is 10.0. The molecule has 1 aliphatic heterocycles. The second-order valence-corrected chi connectivity index (χ2v) is 14.9. The molecule has 19 nitrogen and oxygen atoms in total. The van der Waals surface area contributed by atoms with E-state index in [0.717, 1.165) is 39.5 Å². The standard InChI is InChI=1S/C40H46N12O6S.CH4O/c1-5-51-30(18-25(3)46-51)37(55)44-39-43-29-21-28(35(41)54)22-32(58-15-9-10-48-13-16-57-17-14-48)34(29)49(39)11-7-8-12-50-36-33(20-27(24-53)23-42-36)59-40(50)45-38(56)31-19-26(4)47-52(31)6-2;1-2/h7-8,18-24H,5-6,9-17H2,1-4H3,(H2,41,54)(H,43,44,55);2H,1H3/b8-7+,45-40?;. The van der Waals surface area contributed by atoms with Crippen LogP contribution in [0.25, 0.3) is 21.4 Å². The number of nitrogens with zero attached hydrogens (tertiary/aromatic N) is 10. The van der Waals surface area contributed by atoms with Gasteiger partial charge in [0.15, 0.2) is 16.7 Å². The van der Waals surface area contributed by atoms with Crippen LogP contribution in [0, 0.1) is 13.8 Å². The summed E-state index contributed by atoms with van der Waals surface area (Å²) in [5, 5.41) is 18.8. The van der Waals surface area contributed by atoms with Crippen LogP contribution in [0.1, 0.15) is 73.3 Å². The Morgan fingerprint density at radius 2 is 1.64 bits per heavy atom. The van der Waals surface area contributed by atoms with E-state index >= 15 is 0 Å². The monoisotopic (exact) mass is 854 g/mol. The summed E-state index contributed by atoms with van der Waals surface area (Å²) in [7, 11) is 1.00. The van der Waals surface area contributed by atoms with Crippen molar-refractivity contribution in [3.63, 3.8) is 0 Å². The first-order valence-electron chi connectivity index (χ1n) is 19.9. The highest BCUT2D eigenvalue weighted by Crippen LogP contribution is 2.31. The van der Waals surface area contributed by atoms with Gasteiger partial charge >= 0.3 is 0 Å². The lowest BCUT2D eigenvalue weighted by Gasteiger charge is -2.26. The van der Waals surface area contributed by atoms with Crippen molar-refractivity contribution in [3.05, 3.63) is 87.4 Å². The van der Waals surface area contributed by atoms with Gasteiger partial charge in [-0.15, -0.1) is 0 Å². The third kappa shape index (κ3) is 10.2. The number of thiazole rings is 1. The molecular formula is C41H50N12O7S. The van der Waals surface area contributed by atoms with Crippen molar-refractivity contribution in [2.75, 3.05) is 51.9 Å². The number of aliphatic hydroxyl groups excluding tert-OH is 1. The zero-order valence-corrected chi connectivity index (χ0v) is 35.6. The Kier molecular flexibility index (Phi) is 14.7. The summed E-state index contributed by atoms with van der Waals surface area (Å²) in [6, 6.07) is 8.31. The molecule has 1 saturated heterocycles. The lowest BCUT2D eigenvalue weighted by Crippen LogP contribution is -2.37. The van der Waals surface area contributed by atoms with Gasteiger partial charge in [0.25, 0.3) is 11.8 Å². The van der Waals surface area contributed by atoms with Crippen LogP contribution in [0.5, 0.6) is 5.75 Å². The van der Waals surface area contributed by atoms with Crippen molar-refractivity contribution >= 4 is 62.7 Å². The minimum absolute atomic E-state index is 0.212. The molecule has 1 fully saturated rings. The molecule has 322 valence electrons. The number of morpholine rings is 1. The highest BCUT2D eigenvalue weighted by molar-refractivity contribution is 7.16. The SMILES string of the molecule is CCn1nc(C)cc1C(=O)N=c1sc2cc(C=O)cnc2n1C/C=C/Cn1c(NC(=O)c2cc(C)nn2CC)nc2cc(C(N)=O)cc(OCCCN3CCOCC3)c21.CO. The Labute approximate surface area is 355 Å². The van der Waals surface area contributed by atoms with Crippen molar-refractivity contribution in [2.45, 2.75) is 60.3 Å². The molecule has 0 unspecified atom stereocenters. The number of primary amides is 1. The van der Waals surface area contributed by atoms with Crippen molar-refractivity contribution in [1.82, 2.24) is 43.6 Å². The minimum atomic E-state index is -0.643. The molecule has 20 heteroatoms. The van der Waals surface area contributed by atoms with Crippen LogP contribution in [0.2, 0.25) is 0 Å². The van der Waals surface area contributed by atoms with Crippen molar-refractivity contribution in [3.8, 4) is 5.75 Å². The molecule has 4 N–H and O–H groups in total. The maximum absolute atomic E-state index is 13.7. The number of fused-ring (bicyclic) bond motifs is 2. The number of amides is 3. The van der Waals surface area contributed by atoms with E-state index in [1.54, 1.807) is 48.8 Å². The average molecular weight is 855 g/mol. The number of aldehydes is 1. The van der Waals surface area contributed by atoms with Crippen molar-refractivity contribution in [2.24, 2.45) is 10.7 Å². The normalized spacial score (nSPS) is 13.5. The van der Waals surface area contributed by atoms with E-state index in [1.807, 2.05) is 39.8 Å². The van der Waals surface area contributed by atoms with Crippen molar-refractivity contribution in [1.29, 1.82) is 0 Å². The summed E-state index contributed by atoms with van der Waals surface area (Å²) >= 11 is 1.25. The van der Waals surface area contributed by atoms with Crippen LogP contribution in [0.4, 0.5) is 5.95 Å². The van der Waals surface area contributed by atoms with Gasteiger partial charge < -0.3 is 24.9 Å². The number of benzene rings is 1. The highest BCUT2D eigenvalue weighted by Gasteiger charge is 2.22. The topological polar surface area (TPSA) is 232 Å². The summed E-state index contributed by atoms with van der Waals surface area (Å²) in [4.78, 5) is 67.8. The number of nitrogens with one attached hydrogen (secondary N) is 1. The van der Waals surface area contributed by atoms with Crippen LogP contribution < -0.4 is 20.6 Å². The molecule has 6 aromatic rings.